The normalized spacial score (nSPS) is 27.8. The summed E-state index contributed by atoms with van der Waals surface area (Å²) in [6, 6.07) is 26.6. The van der Waals surface area contributed by atoms with Gasteiger partial charge >= 0.3 is 14.1 Å². The van der Waals surface area contributed by atoms with Crippen molar-refractivity contribution < 1.29 is 37.2 Å². The zero-order valence-corrected chi connectivity index (χ0v) is 26.9. The number of halogens is 2. The number of hydrogen-bond acceptors (Lipinski definition) is 15. The first kappa shape index (κ1) is 32.9. The molecule has 0 amide bonds. The van der Waals surface area contributed by atoms with Crippen molar-refractivity contribution in [2.45, 2.75) is 35.5 Å². The first-order valence-corrected chi connectivity index (χ1v) is 15.9. The molecule has 3 aromatic rings. The fourth-order valence-corrected chi connectivity index (χ4v) is 5.61. The number of oxime groups is 6. The Hall–Kier alpha value is -4.48. The van der Waals surface area contributed by atoms with E-state index in [0.717, 1.165) is 35.3 Å². The molecule has 0 aliphatic carbocycles. The van der Waals surface area contributed by atoms with Crippen LogP contribution in [0, 0.1) is 0 Å². The monoisotopic (exact) mass is 684 g/mol. The van der Waals surface area contributed by atoms with Crippen molar-refractivity contribution in [1.82, 2.24) is 0 Å². The Balaban J connectivity index is 1.61. The molecule has 2 unspecified atom stereocenters. The molecule has 2 atom stereocenters. The van der Waals surface area contributed by atoms with Gasteiger partial charge in [-0.15, -0.1) is 30.9 Å². The number of rotatable bonds is 3. The molecule has 3 aliphatic rings. The van der Waals surface area contributed by atoms with Gasteiger partial charge in [-0.05, 0) is 57.2 Å². The van der Waals surface area contributed by atoms with Gasteiger partial charge in [0.15, 0.2) is 15.1 Å². The van der Waals surface area contributed by atoms with Gasteiger partial charge in [-0.1, -0.05) is 89.9 Å². The maximum atomic E-state index is 16.4. The predicted octanol–water partition coefficient (Wildman–Crippen LogP) is 7.37. The van der Waals surface area contributed by atoms with Crippen LogP contribution >= 0.6 is 35.3 Å². The summed E-state index contributed by atoms with van der Waals surface area (Å²) in [6.07, 6.45) is 0. The van der Waals surface area contributed by atoms with E-state index in [0.29, 0.717) is 14.7 Å². The second-order valence-electron chi connectivity index (χ2n) is 9.21. The number of fused-ring (bicyclic) bond motifs is 9. The highest BCUT2D eigenvalue weighted by Crippen LogP contribution is 2.27. The van der Waals surface area contributed by atoms with E-state index in [2.05, 4.69) is 30.9 Å². The van der Waals surface area contributed by atoms with E-state index in [1.165, 1.54) is 20.8 Å². The van der Waals surface area contributed by atoms with Crippen molar-refractivity contribution in [3.8, 4) is 0 Å². The minimum Gasteiger partial charge on any atom is -0.510 e. The van der Waals surface area contributed by atoms with Crippen LogP contribution in [0.15, 0.2) is 137 Å². The highest BCUT2D eigenvalue weighted by atomic mass is 32.2. The van der Waals surface area contributed by atoms with Crippen LogP contribution in [0.2, 0.25) is 0 Å². The van der Waals surface area contributed by atoms with Gasteiger partial charge in [0.25, 0.3) is 0 Å². The summed E-state index contributed by atoms with van der Waals surface area (Å²) in [6.45, 7) is 4.22. The average molecular weight is 684 g/mol. The van der Waals surface area contributed by atoms with Crippen molar-refractivity contribution in [3.05, 3.63) is 91.0 Å². The Kier molecular flexibility index (Phi) is 10.9. The molecule has 6 rings (SSSR count). The molecule has 3 aliphatic heterocycles. The van der Waals surface area contributed by atoms with Crippen molar-refractivity contribution in [3.63, 3.8) is 0 Å². The smallest absolute Gasteiger partial charge is 0.510 e. The third kappa shape index (κ3) is 9.27. The van der Waals surface area contributed by atoms with Crippen molar-refractivity contribution >= 4 is 81.6 Å². The van der Waals surface area contributed by atoms with Crippen molar-refractivity contribution in [1.29, 1.82) is 0 Å². The van der Waals surface area contributed by atoms with E-state index in [-0.39, 0.29) is 32.3 Å². The summed E-state index contributed by atoms with van der Waals surface area (Å²) < 4.78 is 63.8. The number of nitrogens with zero attached hydrogens (tertiary/aromatic N) is 6. The molecule has 0 spiro atoms. The average Bonchev–Trinajstić information content (AvgIpc) is 3.08. The molecular formula is C27H24B2F2N6O6S3-2. The van der Waals surface area contributed by atoms with E-state index >= 15 is 8.63 Å². The first-order valence-electron chi connectivity index (χ1n) is 13.5. The van der Waals surface area contributed by atoms with Crippen LogP contribution in [0.5, 0.6) is 0 Å². The minimum atomic E-state index is -4.37. The van der Waals surface area contributed by atoms with Crippen LogP contribution in [0.4, 0.5) is 8.63 Å². The van der Waals surface area contributed by atoms with Crippen molar-refractivity contribution in [2.24, 2.45) is 30.9 Å². The molecule has 0 fully saturated rings. The highest BCUT2D eigenvalue weighted by Gasteiger charge is 2.43. The van der Waals surface area contributed by atoms with Gasteiger partial charge < -0.3 is 37.2 Å². The highest BCUT2D eigenvalue weighted by molar-refractivity contribution is 8.16. The quantitative estimate of drug-likeness (QED) is 0.260. The molecule has 0 aromatic heterocycles. The summed E-state index contributed by atoms with van der Waals surface area (Å²) in [5, 5.41) is 22.9. The molecule has 3 heterocycles. The zero-order chi connectivity index (χ0) is 32.4. The van der Waals surface area contributed by atoms with Gasteiger partial charge in [0.05, 0.1) is 0 Å². The van der Waals surface area contributed by atoms with Crippen LogP contribution in [-0.2, 0) is 28.5 Å². The lowest BCUT2D eigenvalue weighted by molar-refractivity contribution is 0.0221. The standard InChI is InChI=1S/C27H24B2F2N6O6S3/c1-19-26(45-23-15-9-5-10-16-23)36-42-29(31)40-34-21(3)25(44-22-13-7-4-8-14-22)35-41-28(30,38-32-19)39-33-20(2)27(37-43-29)46-24-17-11-6-12-18-24/h4-18H,1-3H3/q-2/b32-19-,33-20-,34-21-,35-25+,36-26+,37-27?. The van der Waals surface area contributed by atoms with Gasteiger partial charge in [0.2, 0.25) is 0 Å². The second kappa shape index (κ2) is 15.2. The molecule has 46 heavy (non-hydrogen) atoms. The van der Waals surface area contributed by atoms with E-state index in [1.54, 1.807) is 91.0 Å². The molecule has 12 nitrogen and oxygen atoms in total. The molecule has 2 bridgehead atoms. The molecule has 19 heteroatoms. The Morgan fingerprint density at radius 1 is 0.413 bits per heavy atom. The van der Waals surface area contributed by atoms with Gasteiger partial charge in [-0.25, -0.2) is 0 Å². The van der Waals surface area contributed by atoms with Crippen LogP contribution in [0.1, 0.15) is 20.8 Å². The maximum Gasteiger partial charge on any atom is 0.812 e. The Bertz CT molecular complexity index is 1630. The fraction of sp³-hybridized carbons (Fsp3) is 0.111. The third-order valence-electron chi connectivity index (χ3n) is 5.53. The Morgan fingerprint density at radius 2 is 0.652 bits per heavy atom. The van der Waals surface area contributed by atoms with Gasteiger partial charge in [-0.2, -0.15) is 0 Å². The van der Waals surface area contributed by atoms with Gasteiger partial charge in [0.1, 0.15) is 17.1 Å². The van der Waals surface area contributed by atoms with Gasteiger partial charge in [-0.3, -0.25) is 0 Å². The van der Waals surface area contributed by atoms with Crippen LogP contribution in [0.25, 0.3) is 0 Å². The molecule has 3 aromatic carbocycles. The van der Waals surface area contributed by atoms with Crippen molar-refractivity contribution in [2.75, 3.05) is 0 Å². The van der Waals surface area contributed by atoms with Crippen LogP contribution < -0.4 is 0 Å². The van der Waals surface area contributed by atoms with E-state index < -0.39 is 14.1 Å². The Labute approximate surface area is 275 Å². The van der Waals surface area contributed by atoms with Crippen LogP contribution in [0.3, 0.4) is 0 Å². The zero-order valence-electron chi connectivity index (χ0n) is 24.4. The second-order valence-corrected chi connectivity index (χ2v) is 12.4. The molecule has 238 valence electrons. The lowest BCUT2D eigenvalue weighted by Gasteiger charge is -2.29. The van der Waals surface area contributed by atoms with Crippen LogP contribution in [-0.4, -0.2) is 46.3 Å². The molecular weight excluding hydrogens is 660 g/mol. The lowest BCUT2D eigenvalue weighted by atomic mass is 10.2. The lowest BCUT2D eigenvalue weighted by Crippen LogP contribution is -2.40. The summed E-state index contributed by atoms with van der Waals surface area (Å²) in [4.78, 5) is 1.98. The molecule has 0 saturated heterocycles. The minimum absolute atomic E-state index is 0.0655. The number of hydrogen-bond donors (Lipinski definition) is 0. The van der Waals surface area contributed by atoms with E-state index in [4.69, 9.17) is 28.5 Å². The fourth-order valence-electron chi connectivity index (χ4n) is 3.27. The summed E-state index contributed by atoms with van der Waals surface area (Å²) in [7, 11) is -8.73. The largest absolute Gasteiger partial charge is 0.812 e. The SMILES string of the molecule is C/C1=N/O[B-]2(F)O/N=C(C)\C(Sc3ccccc3)=N/O[B-](F)(ON=C1Sc1ccccc1)O/N=C(C)\C(Sc1ccccc1)=N/O2. The molecule has 0 saturated carbocycles. The topological polar surface area (TPSA) is 130 Å². The number of benzene rings is 3. The number of thioether (sulfide) groups is 3. The third-order valence-corrected chi connectivity index (χ3v) is 8.75. The summed E-state index contributed by atoms with van der Waals surface area (Å²) >= 11 is 3.00. The van der Waals surface area contributed by atoms with Gasteiger partial charge in [0, 0.05) is 14.7 Å². The predicted molar refractivity (Wildman–Crippen MR) is 179 cm³/mol. The Morgan fingerprint density at radius 3 is 0.913 bits per heavy atom. The van der Waals surface area contributed by atoms with E-state index in [1.807, 2.05) is 0 Å². The molecule has 0 N–H and O–H groups in total. The maximum absolute atomic E-state index is 16.4. The van der Waals surface area contributed by atoms with E-state index in [9.17, 15) is 0 Å². The first-order chi connectivity index (χ1) is 22.2. The summed E-state index contributed by atoms with van der Waals surface area (Å²) in [5.41, 5.74) is -0.198. The summed E-state index contributed by atoms with van der Waals surface area (Å²) in [5.74, 6) is 0. The molecule has 0 radical (unpaired) electrons.